The van der Waals surface area contributed by atoms with E-state index in [9.17, 15) is 9.59 Å². The van der Waals surface area contributed by atoms with Crippen molar-refractivity contribution in [2.75, 3.05) is 27.3 Å². The van der Waals surface area contributed by atoms with Crippen molar-refractivity contribution < 1.29 is 19.1 Å². The molecule has 0 spiro atoms. The number of para-hydroxylation sites is 1. The highest BCUT2D eigenvalue weighted by Gasteiger charge is 2.27. The molecular weight excluding hydrogens is 416 g/mol. The number of amides is 2. The Bertz CT molecular complexity index is 918. The lowest BCUT2D eigenvalue weighted by atomic mass is 9.92. The molecule has 0 bridgehead atoms. The van der Waals surface area contributed by atoms with E-state index in [2.05, 4.69) is 5.32 Å². The number of benzene rings is 2. The van der Waals surface area contributed by atoms with E-state index in [1.165, 1.54) is 7.11 Å². The van der Waals surface area contributed by atoms with Crippen LogP contribution in [0.2, 0.25) is 5.02 Å². The van der Waals surface area contributed by atoms with Gasteiger partial charge in [0.2, 0.25) is 5.91 Å². The van der Waals surface area contributed by atoms with E-state index in [0.29, 0.717) is 54.1 Å². The van der Waals surface area contributed by atoms with Crippen molar-refractivity contribution in [1.29, 1.82) is 0 Å². The van der Waals surface area contributed by atoms with E-state index >= 15 is 0 Å². The minimum atomic E-state index is -0.0661. The van der Waals surface area contributed by atoms with Gasteiger partial charge in [0.25, 0.3) is 5.91 Å². The van der Waals surface area contributed by atoms with Crippen molar-refractivity contribution in [3.8, 4) is 11.5 Å². The molecule has 0 radical (unpaired) electrons. The Morgan fingerprint density at radius 2 is 1.94 bits per heavy atom. The summed E-state index contributed by atoms with van der Waals surface area (Å²) in [6, 6.07) is 12.8. The van der Waals surface area contributed by atoms with Gasteiger partial charge in [-0.05, 0) is 48.9 Å². The van der Waals surface area contributed by atoms with Gasteiger partial charge >= 0.3 is 0 Å². The monoisotopic (exact) mass is 444 g/mol. The van der Waals surface area contributed by atoms with Crippen LogP contribution in [0.4, 0.5) is 0 Å². The molecule has 1 fully saturated rings. The zero-order valence-corrected chi connectivity index (χ0v) is 18.8. The molecule has 1 aliphatic heterocycles. The molecule has 166 valence electrons. The Hall–Kier alpha value is -2.73. The highest BCUT2D eigenvalue weighted by Crippen LogP contribution is 2.32. The number of nitrogens with one attached hydrogen (secondary N) is 1. The SMILES string of the molecule is COc1cccc(C(=O)N2CCC[C@@H](CCC(=O)NCc3ccccc3Cl)C2)c1OC. The van der Waals surface area contributed by atoms with Gasteiger partial charge < -0.3 is 19.7 Å². The molecule has 0 aliphatic carbocycles. The summed E-state index contributed by atoms with van der Waals surface area (Å²) >= 11 is 6.14. The third-order valence-corrected chi connectivity index (χ3v) is 6.02. The van der Waals surface area contributed by atoms with Gasteiger partial charge in [0, 0.05) is 31.1 Å². The highest BCUT2D eigenvalue weighted by molar-refractivity contribution is 6.31. The van der Waals surface area contributed by atoms with Crippen LogP contribution in [-0.4, -0.2) is 44.0 Å². The summed E-state index contributed by atoms with van der Waals surface area (Å²) in [5.74, 6) is 1.22. The predicted octanol–water partition coefficient (Wildman–Crippen LogP) is 4.31. The Kier molecular flexibility index (Phi) is 8.18. The maximum atomic E-state index is 13.1. The van der Waals surface area contributed by atoms with Gasteiger partial charge in [0.15, 0.2) is 11.5 Å². The summed E-state index contributed by atoms with van der Waals surface area (Å²) in [5.41, 5.74) is 1.40. The number of methoxy groups -OCH3 is 2. The second-order valence-corrected chi connectivity index (χ2v) is 8.11. The van der Waals surface area contributed by atoms with Gasteiger partial charge in [-0.2, -0.15) is 0 Å². The Morgan fingerprint density at radius 1 is 1.13 bits per heavy atom. The average molecular weight is 445 g/mol. The fourth-order valence-corrected chi connectivity index (χ4v) is 4.17. The van der Waals surface area contributed by atoms with E-state index in [4.69, 9.17) is 21.1 Å². The van der Waals surface area contributed by atoms with E-state index in [0.717, 1.165) is 24.8 Å². The molecule has 31 heavy (non-hydrogen) atoms. The number of carbonyl (C=O) groups is 2. The number of piperidine rings is 1. The fraction of sp³-hybridized carbons (Fsp3) is 0.417. The summed E-state index contributed by atoms with van der Waals surface area (Å²) in [4.78, 5) is 27.3. The quantitative estimate of drug-likeness (QED) is 0.658. The number of rotatable bonds is 8. The van der Waals surface area contributed by atoms with Crippen molar-refractivity contribution in [3.05, 3.63) is 58.6 Å². The van der Waals surface area contributed by atoms with Gasteiger partial charge in [-0.15, -0.1) is 0 Å². The number of hydrogen-bond donors (Lipinski definition) is 1. The summed E-state index contributed by atoms with van der Waals surface area (Å²) < 4.78 is 10.7. The zero-order valence-electron chi connectivity index (χ0n) is 18.0. The minimum absolute atomic E-state index is 0.00200. The summed E-state index contributed by atoms with van der Waals surface area (Å²) in [6.45, 7) is 1.76. The lowest BCUT2D eigenvalue weighted by molar-refractivity contribution is -0.121. The molecule has 2 amide bonds. The van der Waals surface area contributed by atoms with Crippen molar-refractivity contribution in [3.63, 3.8) is 0 Å². The lowest BCUT2D eigenvalue weighted by Crippen LogP contribution is -2.40. The van der Waals surface area contributed by atoms with Crippen LogP contribution < -0.4 is 14.8 Å². The molecule has 2 aromatic carbocycles. The molecule has 1 heterocycles. The number of carbonyl (C=O) groups excluding carboxylic acids is 2. The molecule has 0 saturated carbocycles. The first-order chi connectivity index (χ1) is 15.0. The molecule has 7 heteroatoms. The summed E-state index contributed by atoms with van der Waals surface area (Å²) in [6.07, 6.45) is 3.10. The minimum Gasteiger partial charge on any atom is -0.493 e. The summed E-state index contributed by atoms with van der Waals surface area (Å²) in [5, 5.41) is 3.58. The van der Waals surface area contributed by atoms with Crippen LogP contribution in [0.15, 0.2) is 42.5 Å². The molecule has 1 N–H and O–H groups in total. The third kappa shape index (κ3) is 5.91. The molecular formula is C24H29ClN2O4. The van der Waals surface area contributed by atoms with E-state index < -0.39 is 0 Å². The van der Waals surface area contributed by atoms with E-state index in [-0.39, 0.29) is 11.8 Å². The zero-order chi connectivity index (χ0) is 22.2. The van der Waals surface area contributed by atoms with Crippen molar-refractivity contribution in [2.45, 2.75) is 32.2 Å². The maximum absolute atomic E-state index is 13.1. The van der Waals surface area contributed by atoms with Crippen molar-refractivity contribution in [2.24, 2.45) is 5.92 Å². The van der Waals surface area contributed by atoms with Crippen LogP contribution in [0, 0.1) is 5.92 Å². The maximum Gasteiger partial charge on any atom is 0.257 e. The first kappa shape index (κ1) is 22.9. The second-order valence-electron chi connectivity index (χ2n) is 7.71. The number of nitrogens with zero attached hydrogens (tertiary/aromatic N) is 1. The van der Waals surface area contributed by atoms with Crippen LogP contribution in [0.5, 0.6) is 11.5 Å². The number of hydrogen-bond acceptors (Lipinski definition) is 4. The molecule has 6 nitrogen and oxygen atoms in total. The van der Waals surface area contributed by atoms with Crippen LogP contribution in [0.25, 0.3) is 0 Å². The first-order valence-corrected chi connectivity index (χ1v) is 10.9. The van der Waals surface area contributed by atoms with Crippen LogP contribution >= 0.6 is 11.6 Å². The number of likely N-dealkylation sites (tertiary alicyclic amines) is 1. The molecule has 1 atom stereocenters. The van der Waals surface area contributed by atoms with Gasteiger partial charge in [-0.1, -0.05) is 35.9 Å². The van der Waals surface area contributed by atoms with Crippen LogP contribution in [0.1, 0.15) is 41.6 Å². The standard InChI is InChI=1S/C24H29ClN2O4/c1-30-21-11-5-9-19(23(21)31-2)24(29)27-14-6-7-17(16-27)12-13-22(28)26-15-18-8-3-4-10-20(18)25/h3-5,8-11,17H,6-7,12-16H2,1-2H3,(H,26,28)/t17-/m0/s1. The Balaban J connectivity index is 1.53. The fourth-order valence-electron chi connectivity index (χ4n) is 3.97. The van der Waals surface area contributed by atoms with Gasteiger partial charge in [0.05, 0.1) is 19.8 Å². The van der Waals surface area contributed by atoms with Crippen molar-refractivity contribution >= 4 is 23.4 Å². The molecule has 2 aromatic rings. The van der Waals surface area contributed by atoms with E-state index in [1.807, 2.05) is 29.2 Å². The topological polar surface area (TPSA) is 67.9 Å². The highest BCUT2D eigenvalue weighted by atomic mass is 35.5. The predicted molar refractivity (Wildman–Crippen MR) is 121 cm³/mol. The number of halogens is 1. The first-order valence-electron chi connectivity index (χ1n) is 10.5. The number of ether oxygens (including phenoxy) is 2. The Labute approximate surface area is 188 Å². The van der Waals surface area contributed by atoms with Gasteiger partial charge in [0.1, 0.15) is 0 Å². The van der Waals surface area contributed by atoms with Crippen molar-refractivity contribution in [1.82, 2.24) is 10.2 Å². The smallest absolute Gasteiger partial charge is 0.257 e. The largest absolute Gasteiger partial charge is 0.493 e. The summed E-state index contributed by atoms with van der Waals surface area (Å²) in [7, 11) is 3.09. The third-order valence-electron chi connectivity index (χ3n) is 5.65. The average Bonchev–Trinajstić information content (AvgIpc) is 2.81. The Morgan fingerprint density at radius 3 is 2.68 bits per heavy atom. The van der Waals surface area contributed by atoms with Crippen LogP contribution in [0.3, 0.4) is 0 Å². The molecule has 0 unspecified atom stereocenters. The van der Waals surface area contributed by atoms with E-state index in [1.54, 1.807) is 25.3 Å². The molecule has 0 aromatic heterocycles. The molecule has 3 rings (SSSR count). The lowest BCUT2D eigenvalue weighted by Gasteiger charge is -2.33. The second kappa shape index (κ2) is 11.0. The molecule has 1 saturated heterocycles. The normalized spacial score (nSPS) is 16.0. The van der Waals surface area contributed by atoms with Gasteiger partial charge in [-0.25, -0.2) is 0 Å². The molecule has 1 aliphatic rings. The van der Waals surface area contributed by atoms with Gasteiger partial charge in [-0.3, -0.25) is 9.59 Å². The van der Waals surface area contributed by atoms with Crippen LogP contribution in [-0.2, 0) is 11.3 Å².